The summed E-state index contributed by atoms with van der Waals surface area (Å²) < 4.78 is 0. The average molecular weight is 407 g/mol. The molecular weight excluding hydrogens is 390 g/mol. The summed E-state index contributed by atoms with van der Waals surface area (Å²) in [6.07, 6.45) is 1.74. The fourth-order valence-corrected chi connectivity index (χ4v) is 4.03. The number of nitrogens with zero attached hydrogens (tertiary/aromatic N) is 2. The molecule has 1 aliphatic heterocycles. The lowest BCUT2D eigenvalue weighted by Crippen LogP contribution is -2.35. The van der Waals surface area contributed by atoms with Gasteiger partial charge in [0.1, 0.15) is 0 Å². The maximum atomic E-state index is 12.9. The second kappa shape index (κ2) is 7.84. The van der Waals surface area contributed by atoms with Crippen LogP contribution in [0.2, 0.25) is 0 Å². The number of aryl methyl sites for hydroxylation is 1. The molecule has 0 spiro atoms. The Morgan fingerprint density at radius 2 is 1.97 bits per heavy atom. The van der Waals surface area contributed by atoms with Gasteiger partial charge in [0, 0.05) is 35.6 Å². The van der Waals surface area contributed by atoms with Crippen LogP contribution < -0.4 is 10.2 Å². The molecule has 29 heavy (non-hydrogen) atoms. The lowest BCUT2D eigenvalue weighted by atomic mass is 10.0. The molecule has 0 saturated heterocycles. The lowest BCUT2D eigenvalue weighted by molar-refractivity contribution is -0.384. The van der Waals surface area contributed by atoms with Gasteiger partial charge in [0.05, 0.1) is 9.80 Å². The Morgan fingerprint density at radius 1 is 1.10 bits per heavy atom. The van der Waals surface area contributed by atoms with E-state index in [1.165, 1.54) is 35.6 Å². The number of anilines is 2. The van der Waals surface area contributed by atoms with Gasteiger partial charge in [0.15, 0.2) is 0 Å². The lowest BCUT2D eigenvalue weighted by Gasteiger charge is -2.29. The second-order valence-corrected chi connectivity index (χ2v) is 7.59. The van der Waals surface area contributed by atoms with Gasteiger partial charge in [-0.05, 0) is 48.1 Å². The van der Waals surface area contributed by atoms with Crippen molar-refractivity contribution >= 4 is 40.2 Å². The summed E-state index contributed by atoms with van der Waals surface area (Å²) in [6.45, 7) is 0.617. The fourth-order valence-electron chi connectivity index (χ4n) is 3.36. The van der Waals surface area contributed by atoms with Gasteiger partial charge < -0.3 is 10.2 Å². The van der Waals surface area contributed by atoms with E-state index in [1.807, 2.05) is 17.5 Å². The smallest absolute Gasteiger partial charge is 0.270 e. The highest BCUT2D eigenvalue weighted by atomic mass is 32.1. The Labute approximate surface area is 170 Å². The Kier molecular flexibility index (Phi) is 5.09. The summed E-state index contributed by atoms with van der Waals surface area (Å²) in [4.78, 5) is 38.2. The zero-order chi connectivity index (χ0) is 20.4. The van der Waals surface area contributed by atoms with Crippen molar-refractivity contribution in [2.24, 2.45) is 0 Å². The number of nitro benzene ring substituents is 1. The average Bonchev–Trinajstić information content (AvgIpc) is 3.28. The van der Waals surface area contributed by atoms with Crippen LogP contribution in [0.4, 0.5) is 17.1 Å². The molecule has 2 aromatic carbocycles. The number of nitro groups is 1. The Hall–Kier alpha value is -3.52. The first-order valence-corrected chi connectivity index (χ1v) is 9.95. The van der Waals surface area contributed by atoms with Gasteiger partial charge in [-0.3, -0.25) is 19.7 Å². The van der Waals surface area contributed by atoms with Gasteiger partial charge in [0.25, 0.3) is 17.5 Å². The monoisotopic (exact) mass is 407 g/mol. The summed E-state index contributed by atoms with van der Waals surface area (Å²) >= 11 is 1.40. The fraction of sp³-hybridized carbons (Fsp3) is 0.143. The van der Waals surface area contributed by atoms with E-state index >= 15 is 0 Å². The van der Waals surface area contributed by atoms with Crippen molar-refractivity contribution in [1.29, 1.82) is 0 Å². The molecule has 7 nitrogen and oxygen atoms in total. The number of carbonyl (C=O) groups excluding carboxylic acids is 2. The first kappa shape index (κ1) is 18.8. The summed E-state index contributed by atoms with van der Waals surface area (Å²) in [5, 5.41) is 15.6. The number of fused-ring (bicyclic) bond motifs is 1. The predicted octanol–water partition coefficient (Wildman–Crippen LogP) is 4.50. The Morgan fingerprint density at radius 3 is 2.72 bits per heavy atom. The van der Waals surface area contributed by atoms with Gasteiger partial charge >= 0.3 is 0 Å². The third-order valence-corrected chi connectivity index (χ3v) is 5.62. The summed E-state index contributed by atoms with van der Waals surface area (Å²) in [6, 6.07) is 14.7. The molecular formula is C21H17N3O4S. The van der Waals surface area contributed by atoms with Crippen LogP contribution in [0.1, 0.15) is 32.0 Å². The number of non-ortho nitro benzene ring substituents is 1. The van der Waals surface area contributed by atoms with E-state index in [9.17, 15) is 19.7 Å². The quantitative estimate of drug-likeness (QED) is 0.509. The van der Waals surface area contributed by atoms with E-state index in [0.29, 0.717) is 17.1 Å². The second-order valence-electron chi connectivity index (χ2n) is 6.64. The molecule has 3 aromatic rings. The van der Waals surface area contributed by atoms with E-state index in [-0.39, 0.29) is 17.2 Å². The van der Waals surface area contributed by atoms with Gasteiger partial charge in [-0.1, -0.05) is 18.2 Å². The summed E-state index contributed by atoms with van der Waals surface area (Å²) in [5.74, 6) is -0.497. The van der Waals surface area contributed by atoms with E-state index in [2.05, 4.69) is 5.32 Å². The van der Waals surface area contributed by atoms with Crippen LogP contribution in [0.25, 0.3) is 0 Å². The van der Waals surface area contributed by atoms with Gasteiger partial charge in [-0.15, -0.1) is 11.3 Å². The van der Waals surface area contributed by atoms with Crippen LogP contribution in [0.3, 0.4) is 0 Å². The topological polar surface area (TPSA) is 92.6 Å². The van der Waals surface area contributed by atoms with Gasteiger partial charge in [-0.25, -0.2) is 0 Å². The number of hydrogen-bond acceptors (Lipinski definition) is 5. The van der Waals surface area contributed by atoms with E-state index in [0.717, 1.165) is 24.1 Å². The maximum Gasteiger partial charge on any atom is 0.270 e. The van der Waals surface area contributed by atoms with Crippen LogP contribution in [0.5, 0.6) is 0 Å². The van der Waals surface area contributed by atoms with Crippen molar-refractivity contribution < 1.29 is 14.5 Å². The van der Waals surface area contributed by atoms with E-state index < -0.39 is 10.8 Å². The van der Waals surface area contributed by atoms with E-state index in [1.54, 1.807) is 23.1 Å². The van der Waals surface area contributed by atoms with Crippen molar-refractivity contribution in [2.75, 3.05) is 16.8 Å². The third-order valence-electron chi connectivity index (χ3n) is 4.76. The van der Waals surface area contributed by atoms with Crippen LogP contribution in [0, 0.1) is 10.1 Å². The highest BCUT2D eigenvalue weighted by molar-refractivity contribution is 7.12. The molecule has 0 radical (unpaired) electrons. The molecule has 0 bridgehead atoms. The number of rotatable bonds is 4. The van der Waals surface area contributed by atoms with Crippen molar-refractivity contribution in [1.82, 2.24) is 0 Å². The standard InChI is InChI=1S/C21H17N3O4S/c25-20(15-4-1-6-17(12-15)24(27)28)22-16-9-8-14-5-2-10-23(18(14)13-16)21(26)19-7-3-11-29-19/h1,3-4,6-9,11-13H,2,5,10H2,(H,22,25). The van der Waals surface area contributed by atoms with Crippen LogP contribution in [-0.2, 0) is 6.42 Å². The first-order chi connectivity index (χ1) is 14.0. The number of benzene rings is 2. The largest absolute Gasteiger partial charge is 0.322 e. The Balaban J connectivity index is 1.59. The van der Waals surface area contributed by atoms with Gasteiger partial charge in [0.2, 0.25) is 0 Å². The molecule has 8 heteroatoms. The highest BCUT2D eigenvalue weighted by Crippen LogP contribution is 2.32. The Bertz CT molecular complexity index is 1100. The molecule has 0 unspecified atom stereocenters. The minimum atomic E-state index is -0.538. The van der Waals surface area contributed by atoms with Crippen LogP contribution in [0.15, 0.2) is 60.0 Å². The predicted molar refractivity (Wildman–Crippen MR) is 112 cm³/mol. The number of amides is 2. The van der Waals surface area contributed by atoms with Crippen molar-refractivity contribution in [3.63, 3.8) is 0 Å². The van der Waals surface area contributed by atoms with Crippen molar-refractivity contribution in [3.05, 3.63) is 86.1 Å². The molecule has 0 fully saturated rings. The SMILES string of the molecule is O=C(Nc1ccc2c(c1)N(C(=O)c1cccs1)CCC2)c1cccc([N+](=O)[O-])c1. The molecule has 0 atom stereocenters. The van der Waals surface area contributed by atoms with Gasteiger partial charge in [-0.2, -0.15) is 0 Å². The molecule has 0 saturated carbocycles. The van der Waals surface area contributed by atoms with Crippen molar-refractivity contribution in [2.45, 2.75) is 12.8 Å². The molecule has 2 amide bonds. The number of thiophene rings is 1. The number of hydrogen-bond donors (Lipinski definition) is 1. The number of carbonyl (C=O) groups is 2. The minimum absolute atomic E-state index is 0.0527. The molecule has 1 aromatic heterocycles. The molecule has 1 N–H and O–H groups in total. The van der Waals surface area contributed by atoms with Crippen LogP contribution in [-0.4, -0.2) is 23.3 Å². The highest BCUT2D eigenvalue weighted by Gasteiger charge is 2.25. The van der Waals surface area contributed by atoms with E-state index in [4.69, 9.17) is 0 Å². The summed E-state index contributed by atoms with van der Waals surface area (Å²) in [5.41, 5.74) is 2.42. The molecule has 0 aliphatic carbocycles. The summed E-state index contributed by atoms with van der Waals surface area (Å²) in [7, 11) is 0. The molecule has 4 rings (SSSR count). The molecule has 2 heterocycles. The number of nitrogens with one attached hydrogen (secondary N) is 1. The third kappa shape index (κ3) is 3.88. The molecule has 1 aliphatic rings. The zero-order valence-electron chi connectivity index (χ0n) is 15.3. The molecule has 146 valence electrons. The van der Waals surface area contributed by atoms with Crippen LogP contribution >= 0.6 is 11.3 Å². The maximum absolute atomic E-state index is 12.9. The van der Waals surface area contributed by atoms with Crippen molar-refractivity contribution in [3.8, 4) is 0 Å². The zero-order valence-corrected chi connectivity index (χ0v) is 16.1. The minimum Gasteiger partial charge on any atom is -0.322 e. The first-order valence-electron chi connectivity index (χ1n) is 9.07. The normalized spacial score (nSPS) is 12.9.